The van der Waals surface area contributed by atoms with Crippen LogP contribution in [0.3, 0.4) is 0 Å². The highest BCUT2D eigenvalue weighted by Gasteiger charge is 2.19. The van der Waals surface area contributed by atoms with Gasteiger partial charge in [-0.2, -0.15) is 0 Å². The second-order valence-electron chi connectivity index (χ2n) is 4.24. The first-order valence-electron chi connectivity index (χ1n) is 6.21. The van der Waals surface area contributed by atoms with Crippen molar-refractivity contribution < 1.29 is 13.9 Å². The van der Waals surface area contributed by atoms with E-state index in [0.29, 0.717) is 17.3 Å². The number of H-pyrrole nitrogens is 1. The number of rotatable bonds is 4. The topological polar surface area (TPSA) is 59.2 Å². The van der Waals surface area contributed by atoms with Crippen LogP contribution in [0.4, 0.5) is 4.39 Å². The third kappa shape index (κ3) is 2.47. The minimum absolute atomic E-state index is 0.0333. The van der Waals surface area contributed by atoms with Crippen molar-refractivity contribution in [2.24, 2.45) is 0 Å². The van der Waals surface area contributed by atoms with Crippen molar-refractivity contribution in [1.29, 1.82) is 0 Å². The van der Waals surface area contributed by atoms with Crippen LogP contribution < -0.4 is 5.56 Å². The van der Waals surface area contributed by atoms with Crippen LogP contribution in [-0.4, -0.2) is 17.6 Å². The summed E-state index contributed by atoms with van der Waals surface area (Å²) in [6.45, 7) is 5.24. The number of carbonyl (C=O) groups excluding carboxylic acids is 1. The molecular formula is C15H14FNO3. The van der Waals surface area contributed by atoms with Gasteiger partial charge in [-0.15, -0.1) is 0 Å². The molecule has 1 heterocycles. The SMILES string of the molecule is C=CCOC(=O)c1c(CC)c(=O)[nH]c2ccc(F)cc12. The van der Waals surface area contributed by atoms with Gasteiger partial charge in [-0.3, -0.25) is 4.79 Å². The Labute approximate surface area is 114 Å². The Bertz CT molecular complexity index is 734. The van der Waals surface area contributed by atoms with Gasteiger partial charge >= 0.3 is 5.97 Å². The van der Waals surface area contributed by atoms with Gasteiger partial charge in [-0.25, -0.2) is 9.18 Å². The number of carbonyl (C=O) groups is 1. The molecule has 20 heavy (non-hydrogen) atoms. The van der Waals surface area contributed by atoms with Crippen LogP contribution in [0.5, 0.6) is 0 Å². The van der Waals surface area contributed by atoms with Crippen molar-refractivity contribution >= 4 is 16.9 Å². The van der Waals surface area contributed by atoms with E-state index in [1.54, 1.807) is 6.92 Å². The van der Waals surface area contributed by atoms with Crippen LogP contribution >= 0.6 is 0 Å². The van der Waals surface area contributed by atoms with Crippen LogP contribution in [0.25, 0.3) is 10.9 Å². The molecule has 0 aliphatic heterocycles. The summed E-state index contributed by atoms with van der Waals surface area (Å²) >= 11 is 0. The molecule has 2 aromatic rings. The molecule has 0 bridgehead atoms. The quantitative estimate of drug-likeness (QED) is 0.689. The van der Waals surface area contributed by atoms with Gasteiger partial charge in [-0.1, -0.05) is 19.6 Å². The van der Waals surface area contributed by atoms with E-state index in [2.05, 4.69) is 11.6 Å². The zero-order chi connectivity index (χ0) is 14.7. The number of benzene rings is 1. The summed E-state index contributed by atoms with van der Waals surface area (Å²) in [5.74, 6) is -1.13. The second-order valence-corrected chi connectivity index (χ2v) is 4.24. The first-order chi connectivity index (χ1) is 9.58. The monoisotopic (exact) mass is 275 g/mol. The van der Waals surface area contributed by atoms with Crippen molar-refractivity contribution in [2.75, 3.05) is 6.61 Å². The minimum Gasteiger partial charge on any atom is -0.458 e. The fourth-order valence-corrected chi connectivity index (χ4v) is 2.08. The van der Waals surface area contributed by atoms with Crippen LogP contribution in [0, 0.1) is 5.82 Å². The van der Waals surface area contributed by atoms with Gasteiger partial charge < -0.3 is 9.72 Å². The lowest BCUT2D eigenvalue weighted by atomic mass is 10.0. The van der Waals surface area contributed by atoms with Crippen LogP contribution in [0.15, 0.2) is 35.6 Å². The second kappa shape index (κ2) is 5.69. The largest absolute Gasteiger partial charge is 0.458 e. The molecule has 2 rings (SSSR count). The summed E-state index contributed by atoms with van der Waals surface area (Å²) in [6, 6.07) is 3.87. The number of fused-ring (bicyclic) bond motifs is 1. The Balaban J connectivity index is 2.75. The standard InChI is InChI=1S/C15H14FNO3/c1-3-7-20-15(19)13-10(4-2)14(18)17-12-6-5-9(16)8-11(12)13/h3,5-6,8H,1,4,7H2,2H3,(H,17,18). The van der Waals surface area contributed by atoms with Crippen LogP contribution in [0.2, 0.25) is 0 Å². The predicted molar refractivity (Wildman–Crippen MR) is 74.4 cm³/mol. The van der Waals surface area contributed by atoms with Crippen molar-refractivity contribution in [3.05, 3.63) is 58.2 Å². The lowest BCUT2D eigenvalue weighted by Crippen LogP contribution is -2.20. The van der Waals surface area contributed by atoms with E-state index >= 15 is 0 Å². The maximum Gasteiger partial charge on any atom is 0.339 e. The van der Waals surface area contributed by atoms with E-state index in [1.807, 2.05) is 0 Å². The predicted octanol–water partition coefficient (Wildman–Crippen LogP) is 2.57. The molecule has 1 aromatic heterocycles. The highest BCUT2D eigenvalue weighted by molar-refractivity contribution is 6.04. The Morgan fingerprint density at radius 1 is 1.50 bits per heavy atom. The molecule has 0 atom stereocenters. The lowest BCUT2D eigenvalue weighted by Gasteiger charge is -2.10. The third-order valence-corrected chi connectivity index (χ3v) is 2.96. The molecule has 0 fully saturated rings. The molecule has 0 spiro atoms. The van der Waals surface area contributed by atoms with Gasteiger partial charge in [0.15, 0.2) is 0 Å². The molecular weight excluding hydrogens is 261 g/mol. The van der Waals surface area contributed by atoms with Gasteiger partial charge in [0.25, 0.3) is 5.56 Å². The summed E-state index contributed by atoms with van der Waals surface area (Å²) in [4.78, 5) is 26.7. The molecule has 0 saturated carbocycles. The minimum atomic E-state index is -0.650. The molecule has 0 amide bonds. The van der Waals surface area contributed by atoms with Crippen molar-refractivity contribution in [3.63, 3.8) is 0 Å². The first kappa shape index (κ1) is 14.0. The zero-order valence-corrected chi connectivity index (χ0v) is 11.0. The molecule has 0 saturated heterocycles. The molecule has 1 N–H and O–H groups in total. The average Bonchev–Trinajstić information content (AvgIpc) is 2.43. The maximum atomic E-state index is 13.4. The summed E-state index contributed by atoms with van der Waals surface area (Å²) < 4.78 is 18.4. The molecule has 0 radical (unpaired) electrons. The Kier molecular flexibility index (Phi) is 3.98. The summed E-state index contributed by atoms with van der Waals surface area (Å²) in [5, 5.41) is 0.343. The van der Waals surface area contributed by atoms with Crippen molar-refractivity contribution in [3.8, 4) is 0 Å². The maximum absolute atomic E-state index is 13.4. The summed E-state index contributed by atoms with van der Waals surface area (Å²) in [6.07, 6.45) is 1.78. The van der Waals surface area contributed by atoms with Crippen molar-refractivity contribution in [2.45, 2.75) is 13.3 Å². The number of pyridine rings is 1. The Morgan fingerprint density at radius 2 is 2.25 bits per heavy atom. The fourth-order valence-electron chi connectivity index (χ4n) is 2.08. The number of nitrogens with one attached hydrogen (secondary N) is 1. The lowest BCUT2D eigenvalue weighted by molar-refractivity contribution is 0.0550. The van der Waals surface area contributed by atoms with Gasteiger partial charge in [0.05, 0.1) is 5.56 Å². The number of aromatic nitrogens is 1. The Hall–Kier alpha value is -2.43. The molecule has 0 aliphatic rings. The normalized spacial score (nSPS) is 10.5. The molecule has 104 valence electrons. The number of hydrogen-bond donors (Lipinski definition) is 1. The van der Waals surface area contributed by atoms with Gasteiger partial charge in [0.1, 0.15) is 12.4 Å². The first-order valence-corrected chi connectivity index (χ1v) is 6.21. The van der Waals surface area contributed by atoms with Crippen molar-refractivity contribution in [1.82, 2.24) is 4.98 Å². The number of ether oxygens (including phenoxy) is 1. The van der Waals surface area contributed by atoms with E-state index in [0.717, 1.165) is 0 Å². The van der Waals surface area contributed by atoms with E-state index in [9.17, 15) is 14.0 Å². The highest BCUT2D eigenvalue weighted by Crippen LogP contribution is 2.21. The van der Waals surface area contributed by atoms with Gasteiger partial charge in [-0.05, 0) is 24.6 Å². The van der Waals surface area contributed by atoms with Gasteiger partial charge in [0, 0.05) is 16.5 Å². The van der Waals surface area contributed by atoms with Crippen LogP contribution in [-0.2, 0) is 11.2 Å². The fraction of sp³-hybridized carbons (Fsp3) is 0.200. The average molecular weight is 275 g/mol. The number of hydrogen-bond acceptors (Lipinski definition) is 3. The molecule has 0 aliphatic carbocycles. The van der Waals surface area contributed by atoms with E-state index in [-0.39, 0.29) is 23.3 Å². The molecule has 1 aromatic carbocycles. The van der Waals surface area contributed by atoms with E-state index in [1.165, 1.54) is 24.3 Å². The molecule has 5 heteroatoms. The molecule has 0 unspecified atom stereocenters. The number of halogens is 1. The smallest absolute Gasteiger partial charge is 0.339 e. The third-order valence-electron chi connectivity index (χ3n) is 2.96. The summed E-state index contributed by atoms with van der Waals surface area (Å²) in [5.41, 5.74) is 0.445. The zero-order valence-electron chi connectivity index (χ0n) is 11.0. The highest BCUT2D eigenvalue weighted by atomic mass is 19.1. The number of esters is 1. The molecule has 4 nitrogen and oxygen atoms in total. The van der Waals surface area contributed by atoms with E-state index < -0.39 is 11.8 Å². The summed E-state index contributed by atoms with van der Waals surface area (Å²) in [7, 11) is 0. The Morgan fingerprint density at radius 3 is 2.90 bits per heavy atom. The number of aromatic amines is 1. The van der Waals surface area contributed by atoms with Crippen LogP contribution in [0.1, 0.15) is 22.8 Å². The van der Waals surface area contributed by atoms with Gasteiger partial charge in [0.2, 0.25) is 0 Å². The van der Waals surface area contributed by atoms with E-state index in [4.69, 9.17) is 4.74 Å².